The smallest absolute Gasteiger partial charge is 0.234 e. The number of carbonyl (C=O) groups is 1. The van der Waals surface area contributed by atoms with Gasteiger partial charge in [0.2, 0.25) is 5.91 Å². The Bertz CT molecular complexity index is 787. The van der Waals surface area contributed by atoms with E-state index >= 15 is 0 Å². The number of amides is 1. The van der Waals surface area contributed by atoms with Crippen molar-refractivity contribution in [2.24, 2.45) is 5.73 Å². The second-order valence-electron chi connectivity index (χ2n) is 6.11. The maximum atomic E-state index is 11.8. The van der Waals surface area contributed by atoms with Crippen LogP contribution >= 0.6 is 27.3 Å². The maximum Gasteiger partial charge on any atom is 0.234 e. The van der Waals surface area contributed by atoms with E-state index in [0.717, 1.165) is 34.5 Å². The minimum Gasteiger partial charge on any atom is -0.369 e. The maximum absolute atomic E-state index is 11.8. The third-order valence-electron chi connectivity index (χ3n) is 4.37. The number of nitrogens with two attached hydrogens (primary N) is 1. The van der Waals surface area contributed by atoms with Gasteiger partial charge in [-0.2, -0.15) is 5.26 Å². The zero-order chi connectivity index (χ0) is 17.8. The first-order chi connectivity index (χ1) is 12.1. The summed E-state index contributed by atoms with van der Waals surface area (Å²) in [5.74, 6) is -0.326. The van der Waals surface area contributed by atoms with Crippen LogP contribution in [0.25, 0.3) is 0 Å². The fourth-order valence-electron chi connectivity index (χ4n) is 3.14. The number of carbonyl (C=O) groups excluding carboxylic acids is 1. The minimum atomic E-state index is -0.371. The number of hydrogen-bond donors (Lipinski definition) is 2. The van der Waals surface area contributed by atoms with Crippen molar-refractivity contribution in [3.63, 3.8) is 0 Å². The van der Waals surface area contributed by atoms with Crippen LogP contribution in [-0.4, -0.2) is 31.1 Å². The van der Waals surface area contributed by atoms with Gasteiger partial charge in [0.1, 0.15) is 6.07 Å². The molecular formula is C18H19BrN4OS. The van der Waals surface area contributed by atoms with Crippen molar-refractivity contribution in [2.45, 2.75) is 24.9 Å². The van der Waals surface area contributed by atoms with Gasteiger partial charge in [-0.1, -0.05) is 22.0 Å². The molecule has 1 amide bonds. The van der Waals surface area contributed by atoms with Gasteiger partial charge >= 0.3 is 0 Å². The Morgan fingerprint density at radius 3 is 3.04 bits per heavy atom. The highest BCUT2D eigenvalue weighted by molar-refractivity contribution is 9.10. The lowest BCUT2D eigenvalue weighted by Gasteiger charge is -2.22. The average Bonchev–Trinajstić information content (AvgIpc) is 3.26. The van der Waals surface area contributed by atoms with Crippen molar-refractivity contribution >= 4 is 38.9 Å². The molecule has 3 N–H and O–H groups in total. The summed E-state index contributed by atoms with van der Waals surface area (Å²) >= 11 is 5.03. The number of halogens is 1. The van der Waals surface area contributed by atoms with Crippen molar-refractivity contribution < 1.29 is 4.79 Å². The molecule has 7 heteroatoms. The monoisotopic (exact) mass is 418 g/mol. The molecule has 2 aromatic rings. The van der Waals surface area contributed by atoms with Crippen LogP contribution < -0.4 is 16.0 Å². The van der Waals surface area contributed by atoms with Crippen LogP contribution in [0, 0.1) is 11.3 Å². The number of anilines is 1. The molecule has 1 fully saturated rings. The topological polar surface area (TPSA) is 82.2 Å². The van der Waals surface area contributed by atoms with Gasteiger partial charge in [0.05, 0.1) is 17.3 Å². The molecule has 130 valence electrons. The fraction of sp³-hybridized carbons (Fsp3) is 0.333. The molecule has 3 rings (SSSR count). The van der Waals surface area contributed by atoms with Crippen molar-refractivity contribution in [1.29, 1.82) is 5.26 Å². The van der Waals surface area contributed by atoms with Crippen LogP contribution in [0.4, 0.5) is 5.69 Å². The van der Waals surface area contributed by atoms with E-state index in [4.69, 9.17) is 5.73 Å². The standard InChI is InChI=1S/C18H19BrN4OS/c19-13-3-4-17(12(8-13)10-20)23-6-5-14(11-23)22-16(18(21)24)9-15-2-1-7-25-15/h1-4,7-8,14,16,22H,5-6,9,11H2,(H2,21,24)/t14-,16-/m0/s1. The molecule has 0 spiro atoms. The van der Waals surface area contributed by atoms with Gasteiger partial charge in [-0.05, 0) is 36.1 Å². The van der Waals surface area contributed by atoms with E-state index in [1.807, 2.05) is 35.7 Å². The molecule has 0 radical (unpaired) electrons. The normalized spacial score (nSPS) is 18.1. The molecule has 0 unspecified atom stereocenters. The van der Waals surface area contributed by atoms with Crippen LogP contribution in [0.15, 0.2) is 40.2 Å². The van der Waals surface area contributed by atoms with Gasteiger partial charge in [0, 0.05) is 34.9 Å². The van der Waals surface area contributed by atoms with Gasteiger partial charge in [-0.15, -0.1) is 11.3 Å². The van der Waals surface area contributed by atoms with Gasteiger partial charge < -0.3 is 16.0 Å². The van der Waals surface area contributed by atoms with E-state index in [9.17, 15) is 10.1 Å². The molecule has 0 aliphatic carbocycles. The van der Waals surface area contributed by atoms with Crippen LogP contribution in [0.3, 0.4) is 0 Å². The highest BCUT2D eigenvalue weighted by Gasteiger charge is 2.28. The Morgan fingerprint density at radius 1 is 1.52 bits per heavy atom. The number of benzene rings is 1. The SMILES string of the molecule is N#Cc1cc(Br)ccc1N1CC[C@H](N[C@@H](Cc2cccs2)C(N)=O)C1. The van der Waals surface area contributed by atoms with Crippen LogP contribution in [0.5, 0.6) is 0 Å². The zero-order valence-corrected chi connectivity index (χ0v) is 16.0. The lowest BCUT2D eigenvalue weighted by atomic mass is 10.1. The number of hydrogen-bond acceptors (Lipinski definition) is 5. The summed E-state index contributed by atoms with van der Waals surface area (Å²) in [5.41, 5.74) is 7.17. The van der Waals surface area contributed by atoms with Crippen LogP contribution in [-0.2, 0) is 11.2 Å². The highest BCUT2D eigenvalue weighted by Crippen LogP contribution is 2.27. The number of thiophene rings is 1. The summed E-state index contributed by atoms with van der Waals surface area (Å²) in [4.78, 5) is 15.1. The molecule has 1 aliphatic rings. The van der Waals surface area contributed by atoms with Crippen LogP contribution in [0.1, 0.15) is 16.9 Å². The molecule has 1 aromatic heterocycles. The number of nitrogens with zero attached hydrogens (tertiary/aromatic N) is 2. The Kier molecular flexibility index (Phi) is 5.74. The van der Waals surface area contributed by atoms with E-state index in [-0.39, 0.29) is 18.0 Å². The largest absolute Gasteiger partial charge is 0.369 e. The number of nitrogens with one attached hydrogen (secondary N) is 1. The molecule has 0 bridgehead atoms. The van der Waals surface area contributed by atoms with Gasteiger partial charge in [0.25, 0.3) is 0 Å². The molecule has 0 saturated carbocycles. The Hall–Kier alpha value is -1.88. The summed E-state index contributed by atoms with van der Waals surface area (Å²) in [6, 6.07) is 11.8. The summed E-state index contributed by atoms with van der Waals surface area (Å²) in [6.45, 7) is 1.60. The van der Waals surface area contributed by atoms with Crippen molar-refractivity contribution in [3.8, 4) is 6.07 Å². The third kappa shape index (κ3) is 4.40. The minimum absolute atomic E-state index is 0.174. The van der Waals surface area contributed by atoms with Gasteiger partial charge in [0.15, 0.2) is 0 Å². The van der Waals surface area contributed by atoms with Gasteiger partial charge in [-0.3, -0.25) is 4.79 Å². The summed E-state index contributed by atoms with van der Waals surface area (Å²) in [6.07, 6.45) is 1.53. The number of rotatable bonds is 6. The Labute approximate surface area is 159 Å². The molecular weight excluding hydrogens is 400 g/mol. The zero-order valence-electron chi connectivity index (χ0n) is 13.6. The molecule has 25 heavy (non-hydrogen) atoms. The summed E-state index contributed by atoms with van der Waals surface area (Å²) < 4.78 is 0.895. The lowest BCUT2D eigenvalue weighted by Crippen LogP contribution is -2.48. The first kappa shape index (κ1) is 17.9. The van der Waals surface area contributed by atoms with E-state index < -0.39 is 0 Å². The van der Waals surface area contributed by atoms with Gasteiger partial charge in [-0.25, -0.2) is 0 Å². The Balaban J connectivity index is 1.66. The molecule has 1 aliphatic heterocycles. The third-order valence-corrected chi connectivity index (χ3v) is 5.77. The van der Waals surface area contributed by atoms with E-state index in [1.54, 1.807) is 11.3 Å². The van der Waals surface area contributed by atoms with Crippen molar-refractivity contribution in [3.05, 3.63) is 50.6 Å². The number of primary amides is 1. The van der Waals surface area contributed by atoms with Crippen molar-refractivity contribution in [2.75, 3.05) is 18.0 Å². The van der Waals surface area contributed by atoms with E-state index in [2.05, 4.69) is 32.2 Å². The van der Waals surface area contributed by atoms with E-state index in [1.165, 1.54) is 0 Å². The second-order valence-corrected chi connectivity index (χ2v) is 8.06. The lowest BCUT2D eigenvalue weighted by molar-refractivity contribution is -0.120. The first-order valence-electron chi connectivity index (χ1n) is 8.09. The van der Waals surface area contributed by atoms with Crippen LogP contribution in [0.2, 0.25) is 0 Å². The Morgan fingerprint density at radius 2 is 2.36 bits per heavy atom. The molecule has 2 atom stereocenters. The quantitative estimate of drug-likeness (QED) is 0.754. The summed E-state index contributed by atoms with van der Waals surface area (Å²) in [5, 5.41) is 14.8. The summed E-state index contributed by atoms with van der Waals surface area (Å²) in [7, 11) is 0. The molecule has 5 nitrogen and oxygen atoms in total. The molecule has 1 saturated heterocycles. The molecule has 1 aromatic carbocycles. The number of nitriles is 1. The fourth-order valence-corrected chi connectivity index (χ4v) is 4.26. The highest BCUT2D eigenvalue weighted by atomic mass is 79.9. The predicted octanol–water partition coefficient (Wildman–Crippen LogP) is 2.65. The second kappa shape index (κ2) is 8.00. The average molecular weight is 419 g/mol. The molecule has 2 heterocycles. The first-order valence-corrected chi connectivity index (χ1v) is 9.76. The van der Waals surface area contributed by atoms with E-state index in [0.29, 0.717) is 12.0 Å². The predicted molar refractivity (Wildman–Crippen MR) is 104 cm³/mol. The van der Waals surface area contributed by atoms with Crippen molar-refractivity contribution in [1.82, 2.24) is 5.32 Å².